The largest absolute Gasteiger partial charge is 0.508 e. The van der Waals surface area contributed by atoms with Crippen LogP contribution in [0.2, 0.25) is 0 Å². The van der Waals surface area contributed by atoms with Crippen LogP contribution in [0.4, 0.5) is 0 Å². The summed E-state index contributed by atoms with van der Waals surface area (Å²) in [6.07, 6.45) is 8.76. The Hall–Kier alpha value is -1.90. The van der Waals surface area contributed by atoms with Gasteiger partial charge in [0, 0.05) is 24.7 Å². The molecule has 1 aromatic rings. The van der Waals surface area contributed by atoms with Crippen molar-refractivity contribution in [3.05, 3.63) is 42.5 Å². The summed E-state index contributed by atoms with van der Waals surface area (Å²) in [6.45, 7) is 7.96. The topological polar surface area (TPSA) is 54.4 Å². The van der Waals surface area contributed by atoms with E-state index in [2.05, 4.69) is 13.5 Å². The molecule has 144 valence electrons. The zero-order valence-corrected chi connectivity index (χ0v) is 16.4. The van der Waals surface area contributed by atoms with Crippen LogP contribution in [0.5, 0.6) is 5.75 Å². The number of para-hydroxylation sites is 1. The van der Waals surface area contributed by atoms with Crippen LogP contribution in [0.1, 0.15) is 77.2 Å². The van der Waals surface area contributed by atoms with E-state index in [0.717, 1.165) is 37.7 Å². The number of hydrogen-bond donors (Lipinski definition) is 1. The van der Waals surface area contributed by atoms with E-state index in [0.29, 0.717) is 32.1 Å². The molecule has 0 amide bonds. The molecule has 0 saturated heterocycles. The number of carbonyl (C=O) groups is 2. The minimum absolute atomic E-state index is 0.227. The minimum Gasteiger partial charge on any atom is -0.508 e. The number of allylic oxidation sites excluding steroid dienone is 1. The van der Waals surface area contributed by atoms with Crippen LogP contribution in [0.25, 0.3) is 0 Å². The number of phenolic OH excluding ortho intramolecular Hbond substituents is 1. The predicted octanol–water partition coefficient (Wildman–Crippen LogP) is 5.80. The smallest absolute Gasteiger partial charge is 0.139 e. The van der Waals surface area contributed by atoms with Crippen molar-refractivity contribution in [2.45, 2.75) is 78.1 Å². The van der Waals surface area contributed by atoms with Gasteiger partial charge in [0.25, 0.3) is 0 Å². The third kappa shape index (κ3) is 6.78. The molecule has 0 aliphatic heterocycles. The number of ketones is 2. The van der Waals surface area contributed by atoms with Crippen molar-refractivity contribution < 1.29 is 14.7 Å². The van der Waals surface area contributed by atoms with Crippen molar-refractivity contribution in [1.29, 1.82) is 0 Å². The summed E-state index contributed by atoms with van der Waals surface area (Å²) in [7, 11) is 0. The van der Waals surface area contributed by atoms with Crippen molar-refractivity contribution in [1.82, 2.24) is 0 Å². The zero-order valence-electron chi connectivity index (χ0n) is 16.4. The summed E-state index contributed by atoms with van der Waals surface area (Å²) in [5, 5.41) is 9.92. The minimum atomic E-state index is -0.423. The van der Waals surface area contributed by atoms with Crippen LogP contribution in [0, 0.1) is 5.41 Å². The number of aromatic hydroxyl groups is 1. The molecule has 0 aliphatic carbocycles. The number of Topliss-reactive ketones (excluding diaryl/α,β-unsaturated/α-hetero) is 2. The Labute approximate surface area is 158 Å². The van der Waals surface area contributed by atoms with Gasteiger partial charge in [0.1, 0.15) is 17.3 Å². The van der Waals surface area contributed by atoms with Gasteiger partial charge in [-0.25, -0.2) is 0 Å². The molecule has 1 aromatic carbocycles. The summed E-state index contributed by atoms with van der Waals surface area (Å²) in [4.78, 5) is 24.9. The Morgan fingerprint density at radius 2 is 1.81 bits per heavy atom. The summed E-state index contributed by atoms with van der Waals surface area (Å²) < 4.78 is 0. The van der Waals surface area contributed by atoms with E-state index < -0.39 is 5.41 Å². The lowest BCUT2D eigenvalue weighted by Crippen LogP contribution is -2.31. The Balaban J connectivity index is 2.78. The monoisotopic (exact) mass is 358 g/mol. The van der Waals surface area contributed by atoms with Gasteiger partial charge < -0.3 is 5.11 Å². The molecule has 0 fully saturated rings. The Kier molecular flexibility index (Phi) is 9.93. The van der Waals surface area contributed by atoms with Crippen molar-refractivity contribution in [2.75, 3.05) is 0 Å². The summed E-state index contributed by atoms with van der Waals surface area (Å²) >= 11 is 0. The van der Waals surface area contributed by atoms with Crippen LogP contribution >= 0.6 is 0 Å². The van der Waals surface area contributed by atoms with Gasteiger partial charge in [-0.2, -0.15) is 0 Å². The number of benzene rings is 1. The molecule has 0 heterocycles. The molecule has 0 aromatic heterocycles. The third-order valence-electron chi connectivity index (χ3n) is 5.11. The maximum Gasteiger partial charge on any atom is 0.139 e. The molecule has 1 unspecified atom stereocenters. The molecular formula is C23H34O3. The first-order valence-corrected chi connectivity index (χ1v) is 9.91. The Bertz CT molecular complexity index is 591. The molecule has 1 rings (SSSR count). The standard InChI is InChI=1S/C23H34O3/c1-4-10-20(24)12-9-18-23(16-5-2,17-6-3)22(26)15-14-19-11-7-8-13-21(19)25/h5,7-8,11,13,25H,2,4,6,9-10,12,14-18H2,1,3H3. The van der Waals surface area contributed by atoms with E-state index in [4.69, 9.17) is 0 Å². The van der Waals surface area contributed by atoms with Gasteiger partial charge in [-0.3, -0.25) is 9.59 Å². The Morgan fingerprint density at radius 3 is 2.42 bits per heavy atom. The molecule has 3 heteroatoms. The Morgan fingerprint density at radius 1 is 1.08 bits per heavy atom. The van der Waals surface area contributed by atoms with Crippen molar-refractivity contribution >= 4 is 11.6 Å². The van der Waals surface area contributed by atoms with Crippen LogP contribution < -0.4 is 0 Å². The molecule has 0 bridgehead atoms. The van der Waals surface area contributed by atoms with Crippen molar-refractivity contribution in [3.8, 4) is 5.75 Å². The number of rotatable bonds is 14. The maximum absolute atomic E-state index is 13.1. The van der Waals surface area contributed by atoms with Gasteiger partial charge >= 0.3 is 0 Å². The lowest BCUT2D eigenvalue weighted by atomic mass is 9.71. The van der Waals surface area contributed by atoms with E-state index in [1.165, 1.54) is 0 Å². The van der Waals surface area contributed by atoms with Crippen molar-refractivity contribution in [2.24, 2.45) is 5.41 Å². The molecule has 26 heavy (non-hydrogen) atoms. The lowest BCUT2D eigenvalue weighted by molar-refractivity contribution is -0.130. The fourth-order valence-electron chi connectivity index (χ4n) is 3.74. The third-order valence-corrected chi connectivity index (χ3v) is 5.11. The van der Waals surface area contributed by atoms with Gasteiger partial charge in [-0.15, -0.1) is 6.58 Å². The first-order chi connectivity index (χ1) is 12.5. The molecule has 3 nitrogen and oxygen atoms in total. The SMILES string of the molecule is C=CCC(CCC)(CCCC(=O)CCC)C(=O)CCc1ccccc1O. The second-order valence-corrected chi connectivity index (χ2v) is 7.22. The first kappa shape index (κ1) is 22.1. The number of phenols is 1. The van der Waals surface area contributed by atoms with Gasteiger partial charge in [0.05, 0.1) is 0 Å². The highest BCUT2D eigenvalue weighted by Gasteiger charge is 2.35. The number of carbonyl (C=O) groups excluding carboxylic acids is 2. The highest BCUT2D eigenvalue weighted by Crippen LogP contribution is 2.37. The average molecular weight is 359 g/mol. The molecule has 1 N–H and O–H groups in total. The molecule has 0 spiro atoms. The van der Waals surface area contributed by atoms with Crippen molar-refractivity contribution in [3.63, 3.8) is 0 Å². The second-order valence-electron chi connectivity index (χ2n) is 7.22. The van der Waals surface area contributed by atoms with Gasteiger partial charge in [-0.05, 0) is 50.2 Å². The first-order valence-electron chi connectivity index (χ1n) is 9.91. The summed E-state index contributed by atoms with van der Waals surface area (Å²) in [6, 6.07) is 7.18. The normalized spacial score (nSPS) is 13.2. The fraction of sp³-hybridized carbons (Fsp3) is 0.565. The molecule has 0 aliphatic rings. The lowest BCUT2D eigenvalue weighted by Gasteiger charge is -2.31. The average Bonchev–Trinajstić information content (AvgIpc) is 2.61. The van der Waals surface area contributed by atoms with Crippen LogP contribution in [0.15, 0.2) is 36.9 Å². The number of hydrogen-bond acceptors (Lipinski definition) is 3. The number of aryl methyl sites for hydroxylation is 1. The highest BCUT2D eigenvalue weighted by atomic mass is 16.3. The van der Waals surface area contributed by atoms with E-state index in [1.54, 1.807) is 12.1 Å². The fourth-order valence-corrected chi connectivity index (χ4v) is 3.74. The van der Waals surface area contributed by atoms with Gasteiger partial charge in [-0.1, -0.05) is 44.5 Å². The molecule has 0 radical (unpaired) electrons. The zero-order chi connectivity index (χ0) is 19.4. The maximum atomic E-state index is 13.1. The van der Waals surface area contributed by atoms with E-state index in [-0.39, 0.29) is 17.3 Å². The van der Waals surface area contributed by atoms with E-state index in [9.17, 15) is 14.7 Å². The second kappa shape index (κ2) is 11.7. The van der Waals surface area contributed by atoms with Gasteiger partial charge in [0.2, 0.25) is 0 Å². The molecular weight excluding hydrogens is 324 g/mol. The quantitative estimate of drug-likeness (QED) is 0.428. The highest BCUT2D eigenvalue weighted by molar-refractivity contribution is 5.85. The predicted molar refractivity (Wildman–Crippen MR) is 107 cm³/mol. The summed E-state index contributed by atoms with van der Waals surface area (Å²) in [5.74, 6) is 0.763. The van der Waals surface area contributed by atoms with E-state index in [1.807, 2.05) is 25.1 Å². The van der Waals surface area contributed by atoms with E-state index >= 15 is 0 Å². The van der Waals surface area contributed by atoms with Crippen LogP contribution in [0.3, 0.4) is 0 Å². The van der Waals surface area contributed by atoms with Crippen LogP contribution in [-0.2, 0) is 16.0 Å². The van der Waals surface area contributed by atoms with Crippen LogP contribution in [-0.4, -0.2) is 16.7 Å². The van der Waals surface area contributed by atoms with Gasteiger partial charge in [0.15, 0.2) is 0 Å². The summed E-state index contributed by atoms with van der Waals surface area (Å²) in [5.41, 5.74) is 0.385. The molecule has 1 atom stereocenters. The molecule has 0 saturated carbocycles.